The highest BCUT2D eigenvalue weighted by Crippen LogP contribution is 2.28. The number of thiazole rings is 1. The number of hydrogen-bond acceptors (Lipinski definition) is 5. The lowest BCUT2D eigenvalue weighted by Crippen LogP contribution is -2.47. The molecule has 1 saturated heterocycles. The lowest BCUT2D eigenvalue weighted by atomic mass is 9.87. The normalized spacial score (nSPS) is 18.8. The summed E-state index contributed by atoms with van der Waals surface area (Å²) in [7, 11) is 0. The molecule has 0 unspecified atom stereocenters. The lowest BCUT2D eigenvalue weighted by molar-refractivity contribution is -0.156. The van der Waals surface area contributed by atoms with Crippen LogP contribution in [-0.2, 0) is 20.7 Å². The minimum Gasteiger partial charge on any atom is -0.381 e. The number of aryl methyl sites for hydroxylation is 1. The third-order valence-corrected chi connectivity index (χ3v) is 4.06. The number of carbonyl (C=O) groups excluding carboxylic acids is 1. The molecule has 0 radical (unpaired) electrons. The lowest BCUT2D eigenvalue weighted by Gasteiger charge is -2.35. The van der Waals surface area contributed by atoms with Crippen molar-refractivity contribution in [3.8, 4) is 0 Å². The van der Waals surface area contributed by atoms with Crippen LogP contribution in [0.1, 0.15) is 30.5 Å². The molecule has 5 heteroatoms. The maximum absolute atomic E-state index is 12.5. The Morgan fingerprint density at radius 1 is 1.56 bits per heavy atom. The van der Waals surface area contributed by atoms with Gasteiger partial charge in [0.05, 0.1) is 17.1 Å². The number of carbonyl (C=O) groups is 1. The molecule has 1 aromatic rings. The van der Waals surface area contributed by atoms with Crippen LogP contribution in [0.4, 0.5) is 0 Å². The zero-order valence-corrected chi connectivity index (χ0v) is 11.7. The SMILES string of the molecule is CCOC1(C(=O)Cc2csc(C)n2)CCOCC1. The topological polar surface area (TPSA) is 48.4 Å². The summed E-state index contributed by atoms with van der Waals surface area (Å²) < 4.78 is 11.1. The Bertz CT molecular complexity index is 405. The molecule has 18 heavy (non-hydrogen) atoms. The Balaban J connectivity index is 2.08. The number of ketones is 1. The Morgan fingerprint density at radius 2 is 2.28 bits per heavy atom. The average molecular weight is 269 g/mol. The summed E-state index contributed by atoms with van der Waals surface area (Å²) in [5.41, 5.74) is 0.206. The van der Waals surface area contributed by atoms with Crippen molar-refractivity contribution in [2.75, 3.05) is 19.8 Å². The molecule has 0 amide bonds. The van der Waals surface area contributed by atoms with Crippen molar-refractivity contribution < 1.29 is 14.3 Å². The molecule has 2 heterocycles. The number of nitrogens with zero attached hydrogens (tertiary/aromatic N) is 1. The van der Waals surface area contributed by atoms with Crippen LogP contribution in [-0.4, -0.2) is 36.2 Å². The van der Waals surface area contributed by atoms with Crippen molar-refractivity contribution in [2.24, 2.45) is 0 Å². The van der Waals surface area contributed by atoms with Crippen LogP contribution in [0.3, 0.4) is 0 Å². The highest BCUT2D eigenvalue weighted by Gasteiger charge is 2.40. The molecule has 100 valence electrons. The van der Waals surface area contributed by atoms with Gasteiger partial charge < -0.3 is 9.47 Å². The van der Waals surface area contributed by atoms with Crippen molar-refractivity contribution in [3.63, 3.8) is 0 Å². The van der Waals surface area contributed by atoms with Gasteiger partial charge in [0, 0.05) is 38.0 Å². The predicted molar refractivity (Wildman–Crippen MR) is 70.0 cm³/mol. The first-order valence-electron chi connectivity index (χ1n) is 6.32. The molecular weight excluding hydrogens is 250 g/mol. The molecular formula is C13H19NO3S. The van der Waals surface area contributed by atoms with Crippen molar-refractivity contribution in [3.05, 3.63) is 16.1 Å². The van der Waals surface area contributed by atoms with E-state index in [4.69, 9.17) is 9.47 Å². The van der Waals surface area contributed by atoms with Gasteiger partial charge in [-0.3, -0.25) is 4.79 Å². The number of aromatic nitrogens is 1. The molecule has 0 N–H and O–H groups in total. The zero-order chi connectivity index (χ0) is 13.0. The van der Waals surface area contributed by atoms with Gasteiger partial charge in [0.15, 0.2) is 5.78 Å². The summed E-state index contributed by atoms with van der Waals surface area (Å²) in [6.45, 7) is 5.63. The van der Waals surface area contributed by atoms with E-state index in [1.807, 2.05) is 19.2 Å². The van der Waals surface area contributed by atoms with Gasteiger partial charge in [-0.15, -0.1) is 11.3 Å². The fraction of sp³-hybridized carbons (Fsp3) is 0.692. The highest BCUT2D eigenvalue weighted by atomic mass is 32.1. The van der Waals surface area contributed by atoms with E-state index >= 15 is 0 Å². The van der Waals surface area contributed by atoms with Crippen molar-refractivity contribution in [1.29, 1.82) is 0 Å². The van der Waals surface area contributed by atoms with E-state index in [1.165, 1.54) is 0 Å². The van der Waals surface area contributed by atoms with Crippen LogP contribution in [0.15, 0.2) is 5.38 Å². The predicted octanol–water partition coefficient (Wildman–Crippen LogP) is 2.15. The Labute approximate surface area is 111 Å². The van der Waals surface area contributed by atoms with E-state index < -0.39 is 5.60 Å². The van der Waals surface area contributed by atoms with E-state index in [0.717, 1.165) is 10.7 Å². The van der Waals surface area contributed by atoms with Gasteiger partial charge in [0.25, 0.3) is 0 Å². The fourth-order valence-electron chi connectivity index (χ4n) is 2.30. The third kappa shape index (κ3) is 2.96. The van der Waals surface area contributed by atoms with Crippen LogP contribution < -0.4 is 0 Å². The second-order valence-corrected chi connectivity index (χ2v) is 5.56. The van der Waals surface area contributed by atoms with Crippen LogP contribution in [0, 0.1) is 6.92 Å². The highest BCUT2D eigenvalue weighted by molar-refractivity contribution is 7.09. The number of hydrogen-bond donors (Lipinski definition) is 0. The van der Waals surface area contributed by atoms with E-state index in [-0.39, 0.29) is 5.78 Å². The van der Waals surface area contributed by atoms with Crippen LogP contribution in [0.5, 0.6) is 0 Å². The molecule has 1 fully saturated rings. The first kappa shape index (κ1) is 13.6. The summed E-state index contributed by atoms with van der Waals surface area (Å²) in [6, 6.07) is 0. The smallest absolute Gasteiger partial charge is 0.170 e. The van der Waals surface area contributed by atoms with Crippen molar-refractivity contribution >= 4 is 17.1 Å². The van der Waals surface area contributed by atoms with Crippen molar-refractivity contribution in [2.45, 2.75) is 38.7 Å². The van der Waals surface area contributed by atoms with E-state index in [9.17, 15) is 4.79 Å². The summed E-state index contributed by atoms with van der Waals surface area (Å²) in [5, 5.41) is 2.95. The number of ether oxygens (including phenoxy) is 2. The average Bonchev–Trinajstić information content (AvgIpc) is 2.76. The first-order valence-corrected chi connectivity index (χ1v) is 7.20. The molecule has 0 spiro atoms. The Hall–Kier alpha value is -0.780. The summed E-state index contributed by atoms with van der Waals surface area (Å²) in [5.74, 6) is 0.137. The molecule has 2 rings (SSSR count). The maximum atomic E-state index is 12.5. The monoisotopic (exact) mass is 269 g/mol. The first-order chi connectivity index (χ1) is 8.66. The molecule has 0 atom stereocenters. The largest absolute Gasteiger partial charge is 0.381 e. The van der Waals surface area contributed by atoms with Gasteiger partial charge in [-0.25, -0.2) is 4.98 Å². The van der Waals surface area contributed by atoms with Gasteiger partial charge in [-0.05, 0) is 13.8 Å². The van der Waals surface area contributed by atoms with Gasteiger partial charge in [0.1, 0.15) is 5.60 Å². The van der Waals surface area contributed by atoms with Crippen LogP contribution >= 0.6 is 11.3 Å². The molecule has 1 aliphatic rings. The van der Waals surface area contributed by atoms with E-state index in [0.29, 0.717) is 39.1 Å². The maximum Gasteiger partial charge on any atom is 0.170 e. The Kier molecular flexibility index (Phi) is 4.48. The molecule has 0 aliphatic carbocycles. The summed E-state index contributed by atoms with van der Waals surface area (Å²) >= 11 is 1.58. The summed E-state index contributed by atoms with van der Waals surface area (Å²) in [4.78, 5) is 16.8. The fourth-order valence-corrected chi connectivity index (χ4v) is 2.91. The minimum absolute atomic E-state index is 0.137. The summed E-state index contributed by atoms with van der Waals surface area (Å²) in [6.07, 6.45) is 1.68. The number of Topliss-reactive ketones (excluding diaryl/α,β-unsaturated/α-hetero) is 1. The minimum atomic E-state index is -0.648. The second-order valence-electron chi connectivity index (χ2n) is 4.50. The van der Waals surface area contributed by atoms with Crippen LogP contribution in [0.2, 0.25) is 0 Å². The molecule has 1 aromatic heterocycles. The van der Waals surface area contributed by atoms with Gasteiger partial charge in [-0.1, -0.05) is 0 Å². The molecule has 0 saturated carbocycles. The molecule has 4 nitrogen and oxygen atoms in total. The Morgan fingerprint density at radius 3 is 2.83 bits per heavy atom. The molecule has 0 aromatic carbocycles. The van der Waals surface area contributed by atoms with Gasteiger partial charge >= 0.3 is 0 Å². The van der Waals surface area contributed by atoms with Gasteiger partial charge in [-0.2, -0.15) is 0 Å². The molecule has 0 bridgehead atoms. The van der Waals surface area contributed by atoms with Crippen molar-refractivity contribution in [1.82, 2.24) is 4.98 Å². The zero-order valence-electron chi connectivity index (χ0n) is 10.9. The van der Waals surface area contributed by atoms with Gasteiger partial charge in [0.2, 0.25) is 0 Å². The van der Waals surface area contributed by atoms with E-state index in [2.05, 4.69) is 4.98 Å². The van der Waals surface area contributed by atoms with E-state index in [1.54, 1.807) is 11.3 Å². The number of rotatable bonds is 5. The third-order valence-electron chi connectivity index (χ3n) is 3.24. The van der Waals surface area contributed by atoms with Crippen LogP contribution in [0.25, 0.3) is 0 Å². The molecule has 1 aliphatic heterocycles. The quantitative estimate of drug-likeness (QED) is 0.822. The standard InChI is InChI=1S/C13H19NO3S/c1-3-17-13(4-6-16-7-5-13)12(15)8-11-9-18-10(2)14-11/h9H,3-8H2,1-2H3. The second kappa shape index (κ2) is 5.91.